The van der Waals surface area contributed by atoms with Crippen LogP contribution in [0.25, 0.3) is 0 Å². The monoisotopic (exact) mass is 381 g/mol. The van der Waals surface area contributed by atoms with Crippen molar-refractivity contribution < 1.29 is 22.7 Å². The fourth-order valence-electron chi connectivity index (χ4n) is 3.26. The Morgan fingerprint density at radius 2 is 1.65 bits per heavy atom. The molecule has 1 aromatic carbocycles. The van der Waals surface area contributed by atoms with E-state index in [0.717, 1.165) is 28.5 Å². The quantitative estimate of drug-likeness (QED) is 0.578. The lowest BCUT2D eigenvalue weighted by molar-refractivity contribution is -0.148. The molecule has 7 heteroatoms. The summed E-state index contributed by atoms with van der Waals surface area (Å²) in [6, 6.07) is 1.85. The summed E-state index contributed by atoms with van der Waals surface area (Å²) < 4.78 is 29.6. The second-order valence-electron chi connectivity index (χ2n) is 7.08. The molecule has 6 nitrogen and oxygen atoms in total. The highest BCUT2D eigenvalue weighted by molar-refractivity contribution is 7.88. The summed E-state index contributed by atoms with van der Waals surface area (Å²) in [7, 11) is -3.23. The zero-order valence-electron chi connectivity index (χ0n) is 16.1. The van der Waals surface area contributed by atoms with Gasteiger partial charge in [-0.15, -0.1) is 0 Å². The van der Waals surface area contributed by atoms with Crippen LogP contribution in [0.3, 0.4) is 0 Å². The molecule has 0 spiro atoms. The molecule has 0 aliphatic carbocycles. The molecule has 1 fully saturated rings. The van der Waals surface area contributed by atoms with Gasteiger partial charge in [-0.2, -0.15) is 0 Å². The lowest BCUT2D eigenvalue weighted by Crippen LogP contribution is -2.40. The Bertz CT molecular complexity index is 821. The second-order valence-corrected chi connectivity index (χ2v) is 9.07. The molecule has 1 aliphatic rings. The van der Waals surface area contributed by atoms with Gasteiger partial charge in [0, 0.05) is 18.7 Å². The van der Waals surface area contributed by atoms with E-state index in [0.29, 0.717) is 31.5 Å². The summed E-state index contributed by atoms with van der Waals surface area (Å²) in [6.45, 7) is 8.20. The number of piperidine rings is 1. The Balaban J connectivity index is 1.95. The van der Waals surface area contributed by atoms with Crippen LogP contribution in [0.1, 0.15) is 45.5 Å². The summed E-state index contributed by atoms with van der Waals surface area (Å²) in [5, 5.41) is 0. The molecule has 0 bridgehead atoms. The summed E-state index contributed by atoms with van der Waals surface area (Å²) in [4.78, 5) is 24.7. The number of sulfonamides is 1. The molecule has 0 atom stereocenters. The SMILES string of the molecule is Cc1cc(C(=O)COC(=O)C2CCN(S(C)(=O)=O)CC2)c(C)c(C)c1C. The molecule has 0 radical (unpaired) electrons. The third-order valence-corrected chi connectivity index (χ3v) is 6.69. The number of ether oxygens (including phenoxy) is 1. The van der Waals surface area contributed by atoms with Crippen LogP contribution in [0.4, 0.5) is 0 Å². The maximum Gasteiger partial charge on any atom is 0.309 e. The molecule has 1 aromatic rings. The Kier molecular flexibility index (Phi) is 6.24. The number of hydrogen-bond donors (Lipinski definition) is 0. The van der Waals surface area contributed by atoms with Gasteiger partial charge in [0.2, 0.25) is 15.8 Å². The third kappa shape index (κ3) is 4.51. The van der Waals surface area contributed by atoms with E-state index >= 15 is 0 Å². The summed E-state index contributed by atoms with van der Waals surface area (Å²) >= 11 is 0. The number of carbonyl (C=O) groups is 2. The predicted octanol–water partition coefficient (Wildman–Crippen LogP) is 2.32. The van der Waals surface area contributed by atoms with E-state index in [1.165, 1.54) is 4.31 Å². The molecule has 26 heavy (non-hydrogen) atoms. The van der Waals surface area contributed by atoms with Gasteiger partial charge in [-0.05, 0) is 68.9 Å². The molecule has 1 heterocycles. The fraction of sp³-hybridized carbons (Fsp3) is 0.579. The number of Topliss-reactive ketones (excluding diaryl/α,β-unsaturated/α-hetero) is 1. The summed E-state index contributed by atoms with van der Waals surface area (Å²) in [5.41, 5.74) is 4.78. The predicted molar refractivity (Wildman–Crippen MR) is 99.8 cm³/mol. The highest BCUT2D eigenvalue weighted by atomic mass is 32.2. The maximum absolute atomic E-state index is 12.5. The highest BCUT2D eigenvalue weighted by Crippen LogP contribution is 2.23. The van der Waals surface area contributed by atoms with Crippen LogP contribution in [-0.2, 0) is 19.6 Å². The van der Waals surface area contributed by atoms with E-state index in [2.05, 4.69) is 0 Å². The van der Waals surface area contributed by atoms with Crippen molar-refractivity contribution in [1.82, 2.24) is 4.31 Å². The van der Waals surface area contributed by atoms with Crippen molar-refractivity contribution in [3.63, 3.8) is 0 Å². The van der Waals surface area contributed by atoms with Gasteiger partial charge >= 0.3 is 5.97 Å². The molecule has 2 rings (SSSR count). The van der Waals surface area contributed by atoms with Crippen LogP contribution >= 0.6 is 0 Å². The van der Waals surface area contributed by atoms with Crippen molar-refractivity contribution >= 4 is 21.8 Å². The minimum Gasteiger partial charge on any atom is -0.457 e. The maximum atomic E-state index is 12.5. The van der Waals surface area contributed by atoms with Gasteiger partial charge in [-0.1, -0.05) is 0 Å². The summed E-state index contributed by atoms with van der Waals surface area (Å²) in [6.07, 6.45) is 2.00. The van der Waals surface area contributed by atoms with E-state index in [1.807, 2.05) is 33.8 Å². The fourth-order valence-corrected chi connectivity index (χ4v) is 4.13. The van der Waals surface area contributed by atoms with Gasteiger partial charge in [0.15, 0.2) is 6.61 Å². The first kappa shape index (κ1) is 20.6. The van der Waals surface area contributed by atoms with E-state index in [1.54, 1.807) is 0 Å². The average Bonchev–Trinajstić information content (AvgIpc) is 2.60. The Morgan fingerprint density at radius 3 is 2.19 bits per heavy atom. The van der Waals surface area contributed by atoms with Gasteiger partial charge in [-0.25, -0.2) is 12.7 Å². The molecule has 1 aliphatic heterocycles. The van der Waals surface area contributed by atoms with Crippen molar-refractivity contribution in [2.24, 2.45) is 5.92 Å². The number of rotatable bonds is 5. The van der Waals surface area contributed by atoms with Crippen LogP contribution in [0.15, 0.2) is 6.07 Å². The zero-order chi connectivity index (χ0) is 19.6. The Labute approximate surface area is 155 Å². The van der Waals surface area contributed by atoms with Crippen LogP contribution in [0.5, 0.6) is 0 Å². The van der Waals surface area contributed by atoms with E-state index < -0.39 is 16.0 Å². The third-order valence-electron chi connectivity index (χ3n) is 5.38. The number of ketones is 1. The largest absolute Gasteiger partial charge is 0.457 e. The number of benzene rings is 1. The minimum atomic E-state index is -3.23. The molecular weight excluding hydrogens is 354 g/mol. The van der Waals surface area contributed by atoms with Crippen LogP contribution in [0, 0.1) is 33.6 Å². The molecule has 0 unspecified atom stereocenters. The number of hydrogen-bond acceptors (Lipinski definition) is 5. The topological polar surface area (TPSA) is 80.8 Å². The van der Waals surface area contributed by atoms with Crippen molar-refractivity contribution in [2.75, 3.05) is 26.0 Å². The minimum absolute atomic E-state index is 0.212. The highest BCUT2D eigenvalue weighted by Gasteiger charge is 2.30. The second kappa shape index (κ2) is 7.88. The van der Waals surface area contributed by atoms with Crippen molar-refractivity contribution in [1.29, 1.82) is 0 Å². The number of carbonyl (C=O) groups excluding carboxylic acids is 2. The molecule has 0 aromatic heterocycles. The van der Waals surface area contributed by atoms with Gasteiger partial charge in [0.25, 0.3) is 0 Å². The smallest absolute Gasteiger partial charge is 0.309 e. The van der Waals surface area contributed by atoms with Gasteiger partial charge in [0.1, 0.15) is 0 Å². The lowest BCUT2D eigenvalue weighted by Gasteiger charge is -2.28. The van der Waals surface area contributed by atoms with Crippen LogP contribution in [-0.4, -0.2) is 50.4 Å². The Morgan fingerprint density at radius 1 is 1.08 bits per heavy atom. The standard InChI is InChI=1S/C19H27NO5S/c1-12-10-17(15(4)14(3)13(12)2)18(21)11-25-19(22)16-6-8-20(9-7-16)26(5,23)24/h10,16H,6-9,11H2,1-5H3. The Hall–Kier alpha value is -1.73. The first-order valence-electron chi connectivity index (χ1n) is 8.74. The zero-order valence-corrected chi connectivity index (χ0v) is 16.9. The first-order valence-corrected chi connectivity index (χ1v) is 10.6. The van der Waals surface area contributed by atoms with Crippen molar-refractivity contribution in [3.8, 4) is 0 Å². The van der Waals surface area contributed by atoms with Crippen molar-refractivity contribution in [2.45, 2.75) is 40.5 Å². The number of nitrogens with zero attached hydrogens (tertiary/aromatic N) is 1. The number of aryl methyl sites for hydroxylation is 1. The van der Waals surface area contributed by atoms with Crippen LogP contribution < -0.4 is 0 Å². The number of esters is 1. The molecular formula is C19H27NO5S. The van der Waals surface area contributed by atoms with Gasteiger partial charge < -0.3 is 4.74 Å². The molecule has 144 valence electrons. The van der Waals surface area contributed by atoms with E-state index in [9.17, 15) is 18.0 Å². The van der Waals surface area contributed by atoms with E-state index in [-0.39, 0.29) is 18.3 Å². The normalized spacial score (nSPS) is 16.5. The first-order chi connectivity index (χ1) is 12.0. The van der Waals surface area contributed by atoms with Crippen LogP contribution in [0.2, 0.25) is 0 Å². The van der Waals surface area contributed by atoms with Gasteiger partial charge in [-0.3, -0.25) is 9.59 Å². The molecule has 0 N–H and O–H groups in total. The molecule has 0 amide bonds. The average molecular weight is 381 g/mol. The lowest BCUT2D eigenvalue weighted by atomic mass is 9.93. The van der Waals surface area contributed by atoms with Gasteiger partial charge in [0.05, 0.1) is 12.2 Å². The van der Waals surface area contributed by atoms with E-state index in [4.69, 9.17) is 4.74 Å². The molecule has 0 saturated carbocycles. The summed E-state index contributed by atoms with van der Waals surface area (Å²) in [5.74, 6) is -0.997. The van der Waals surface area contributed by atoms with Crippen molar-refractivity contribution in [3.05, 3.63) is 33.9 Å². The molecule has 1 saturated heterocycles.